The Hall–Kier alpha value is -3.52. The van der Waals surface area contributed by atoms with Gasteiger partial charge in [-0.25, -0.2) is 14.6 Å². The molecule has 0 saturated carbocycles. The summed E-state index contributed by atoms with van der Waals surface area (Å²) in [6.07, 6.45) is 4.89. The van der Waals surface area contributed by atoms with Crippen LogP contribution in [-0.2, 0) is 13.1 Å². The summed E-state index contributed by atoms with van der Waals surface area (Å²) in [5.41, 5.74) is 3.67. The first-order valence-corrected chi connectivity index (χ1v) is 8.54. The normalized spacial score (nSPS) is 11.0. The third kappa shape index (κ3) is 3.56. The molecule has 4 aromatic rings. The van der Waals surface area contributed by atoms with E-state index in [0.717, 1.165) is 22.1 Å². The molecule has 0 atom stereocenters. The molecule has 0 radical (unpaired) electrons. The number of pyridine rings is 1. The fraction of sp³-hybridized carbons (Fsp3) is 0.158. The predicted molar refractivity (Wildman–Crippen MR) is 102 cm³/mol. The number of aromatic amines is 1. The highest BCUT2D eigenvalue weighted by Crippen LogP contribution is 2.21. The van der Waals surface area contributed by atoms with Crippen molar-refractivity contribution in [1.82, 2.24) is 24.7 Å². The van der Waals surface area contributed by atoms with Crippen molar-refractivity contribution in [2.75, 3.05) is 11.9 Å². The van der Waals surface area contributed by atoms with E-state index in [1.165, 1.54) is 12.4 Å². The molecule has 1 aromatic carbocycles. The zero-order valence-electron chi connectivity index (χ0n) is 14.5. The molecule has 0 aliphatic rings. The molecule has 8 nitrogen and oxygen atoms in total. The van der Waals surface area contributed by atoms with Crippen molar-refractivity contribution in [3.05, 3.63) is 71.0 Å². The van der Waals surface area contributed by atoms with Gasteiger partial charge in [-0.05, 0) is 22.8 Å². The molecule has 136 valence electrons. The number of aliphatic hydroxyl groups excluding tert-OH is 1. The van der Waals surface area contributed by atoms with Gasteiger partial charge in [0.15, 0.2) is 5.65 Å². The lowest BCUT2D eigenvalue weighted by atomic mass is 10.1. The number of rotatable bonds is 6. The van der Waals surface area contributed by atoms with E-state index in [1.54, 1.807) is 23.1 Å². The fourth-order valence-electron chi connectivity index (χ4n) is 2.88. The number of aromatic nitrogens is 5. The quantitative estimate of drug-likeness (QED) is 0.482. The number of nitrogens with one attached hydrogen (secondary N) is 2. The van der Waals surface area contributed by atoms with Crippen LogP contribution in [0.3, 0.4) is 0 Å². The van der Waals surface area contributed by atoms with Crippen LogP contribution in [0.4, 0.5) is 5.82 Å². The van der Waals surface area contributed by atoms with Crippen molar-refractivity contribution in [2.45, 2.75) is 13.1 Å². The average molecular weight is 362 g/mol. The Bertz CT molecular complexity index is 1100. The molecule has 3 N–H and O–H groups in total. The van der Waals surface area contributed by atoms with Crippen molar-refractivity contribution >= 4 is 16.9 Å². The van der Waals surface area contributed by atoms with Crippen LogP contribution >= 0.6 is 0 Å². The Labute approximate surface area is 154 Å². The topological polar surface area (TPSA) is 109 Å². The third-order valence-corrected chi connectivity index (χ3v) is 4.28. The summed E-state index contributed by atoms with van der Waals surface area (Å²) >= 11 is 0. The second-order valence-corrected chi connectivity index (χ2v) is 6.04. The molecule has 0 unspecified atom stereocenters. The molecule has 3 aromatic heterocycles. The largest absolute Gasteiger partial charge is 0.394 e. The van der Waals surface area contributed by atoms with Gasteiger partial charge in [0.1, 0.15) is 12.1 Å². The van der Waals surface area contributed by atoms with Gasteiger partial charge >= 0.3 is 0 Å². The minimum Gasteiger partial charge on any atom is -0.394 e. The molecule has 3 heterocycles. The molecule has 0 amide bonds. The number of hydrogen-bond acceptors (Lipinski definition) is 6. The molecule has 0 spiro atoms. The van der Waals surface area contributed by atoms with Crippen LogP contribution in [0, 0.1) is 0 Å². The molecule has 0 fully saturated rings. The maximum Gasteiger partial charge on any atom is 0.247 e. The average Bonchev–Trinajstić information content (AvgIpc) is 3.11. The first kappa shape index (κ1) is 16.9. The molecule has 8 heteroatoms. The van der Waals surface area contributed by atoms with E-state index in [0.29, 0.717) is 24.6 Å². The molecule has 0 saturated heterocycles. The summed E-state index contributed by atoms with van der Waals surface area (Å²) in [5.74, 6) is 0.703. The van der Waals surface area contributed by atoms with E-state index in [4.69, 9.17) is 5.11 Å². The maximum atomic E-state index is 11.2. The van der Waals surface area contributed by atoms with Crippen molar-refractivity contribution < 1.29 is 5.11 Å². The number of H-pyrrole nitrogens is 1. The molecule has 0 aliphatic heterocycles. The highest BCUT2D eigenvalue weighted by Gasteiger charge is 2.09. The van der Waals surface area contributed by atoms with E-state index in [1.807, 2.05) is 24.3 Å². The van der Waals surface area contributed by atoms with Crippen LogP contribution in [-0.4, -0.2) is 36.4 Å². The van der Waals surface area contributed by atoms with Crippen molar-refractivity contribution in [1.29, 1.82) is 0 Å². The Morgan fingerprint density at radius 1 is 1.07 bits per heavy atom. The van der Waals surface area contributed by atoms with Crippen molar-refractivity contribution in [3.8, 4) is 11.1 Å². The summed E-state index contributed by atoms with van der Waals surface area (Å²) < 4.78 is 1.65. The van der Waals surface area contributed by atoms with E-state index in [2.05, 4.69) is 25.4 Å². The van der Waals surface area contributed by atoms with Crippen LogP contribution in [0.15, 0.2) is 59.9 Å². The number of fused-ring (bicyclic) bond motifs is 1. The van der Waals surface area contributed by atoms with Gasteiger partial charge in [0.05, 0.1) is 24.7 Å². The lowest BCUT2D eigenvalue weighted by Gasteiger charge is -2.08. The van der Waals surface area contributed by atoms with Crippen LogP contribution in [0.1, 0.15) is 5.56 Å². The Morgan fingerprint density at radius 2 is 1.89 bits per heavy atom. The van der Waals surface area contributed by atoms with Gasteiger partial charge in [0, 0.05) is 18.8 Å². The van der Waals surface area contributed by atoms with Gasteiger partial charge in [0.2, 0.25) is 5.56 Å². The van der Waals surface area contributed by atoms with Crippen molar-refractivity contribution in [2.24, 2.45) is 0 Å². The first-order valence-electron chi connectivity index (χ1n) is 8.54. The maximum absolute atomic E-state index is 11.2. The van der Waals surface area contributed by atoms with Gasteiger partial charge in [-0.1, -0.05) is 24.3 Å². The van der Waals surface area contributed by atoms with Crippen LogP contribution in [0.25, 0.3) is 22.2 Å². The zero-order valence-corrected chi connectivity index (χ0v) is 14.5. The molecular weight excluding hydrogens is 344 g/mol. The number of hydrogen-bond donors (Lipinski definition) is 3. The number of benzene rings is 1. The van der Waals surface area contributed by atoms with Gasteiger partial charge in [-0.2, -0.15) is 5.10 Å². The summed E-state index contributed by atoms with van der Waals surface area (Å²) in [6.45, 7) is 1.00. The summed E-state index contributed by atoms with van der Waals surface area (Å²) in [4.78, 5) is 22.4. The summed E-state index contributed by atoms with van der Waals surface area (Å²) in [7, 11) is 0. The predicted octanol–water partition coefficient (Wildman–Crippen LogP) is 1.79. The van der Waals surface area contributed by atoms with Gasteiger partial charge in [0.25, 0.3) is 0 Å². The van der Waals surface area contributed by atoms with Gasteiger partial charge in [-0.3, -0.25) is 4.79 Å². The number of nitrogens with zero attached hydrogens (tertiary/aromatic N) is 4. The first-order chi connectivity index (χ1) is 13.2. The van der Waals surface area contributed by atoms with E-state index >= 15 is 0 Å². The van der Waals surface area contributed by atoms with Crippen molar-refractivity contribution in [3.63, 3.8) is 0 Å². The molecule has 27 heavy (non-hydrogen) atoms. The summed E-state index contributed by atoms with van der Waals surface area (Å²) in [5, 5.41) is 17.5. The second kappa shape index (κ2) is 7.38. The molecule has 0 bridgehead atoms. The molecule has 0 aliphatic carbocycles. The Kier molecular flexibility index (Phi) is 4.63. The minimum atomic E-state index is -0.113. The lowest BCUT2D eigenvalue weighted by molar-refractivity contribution is 0.271. The highest BCUT2D eigenvalue weighted by atomic mass is 16.3. The fourth-order valence-corrected chi connectivity index (χ4v) is 2.88. The third-order valence-electron chi connectivity index (χ3n) is 4.28. The Balaban J connectivity index is 1.50. The lowest BCUT2D eigenvalue weighted by Crippen LogP contribution is -2.06. The van der Waals surface area contributed by atoms with Crippen LogP contribution in [0.5, 0.6) is 0 Å². The SMILES string of the molecule is O=c1ccc(-c2ccc(CNc3ncnc4c3cnn4CCO)cc2)c[nH]1. The van der Waals surface area contributed by atoms with Gasteiger partial charge in [-0.15, -0.1) is 0 Å². The van der Waals surface area contributed by atoms with E-state index in [9.17, 15) is 4.79 Å². The summed E-state index contributed by atoms with van der Waals surface area (Å²) in [6, 6.07) is 11.4. The van der Waals surface area contributed by atoms with E-state index in [-0.39, 0.29) is 12.2 Å². The number of aliphatic hydroxyl groups is 1. The second-order valence-electron chi connectivity index (χ2n) is 6.04. The minimum absolute atomic E-state index is 0.00516. The Morgan fingerprint density at radius 3 is 2.63 bits per heavy atom. The van der Waals surface area contributed by atoms with Gasteiger partial charge < -0.3 is 15.4 Å². The standard InChI is InChI=1S/C19H18N6O2/c26-8-7-25-19-16(11-24-25)18(22-12-23-19)21-9-13-1-3-14(4-2-13)15-5-6-17(27)20-10-15/h1-6,10-12,26H,7-9H2,(H,20,27)(H,21,22,23). The highest BCUT2D eigenvalue weighted by molar-refractivity contribution is 5.86. The zero-order chi connectivity index (χ0) is 18.6. The monoisotopic (exact) mass is 362 g/mol. The van der Waals surface area contributed by atoms with Crippen LogP contribution < -0.4 is 10.9 Å². The number of anilines is 1. The van der Waals surface area contributed by atoms with Crippen LogP contribution in [0.2, 0.25) is 0 Å². The molecule has 4 rings (SSSR count). The molecular formula is C19H18N6O2. The van der Waals surface area contributed by atoms with E-state index < -0.39 is 0 Å². The smallest absolute Gasteiger partial charge is 0.247 e.